The SMILES string of the molecule is COC[C@H](NC(=O)[C@H](COC)NC(=O)[C@@H](O)CCc1ccccc1)C(=O)N[C@@H](CC(C)C)C(=O)[C@@]1(C)CO1. The summed E-state index contributed by atoms with van der Waals surface area (Å²) in [4.78, 5) is 51.6. The number of benzene rings is 1. The van der Waals surface area contributed by atoms with Gasteiger partial charge in [0.2, 0.25) is 17.7 Å². The maximum atomic E-state index is 13.1. The number of ketones is 1. The predicted octanol–water partition coefficient (Wildman–Crippen LogP) is 0.131. The van der Waals surface area contributed by atoms with Gasteiger partial charge in [-0.25, -0.2) is 0 Å². The van der Waals surface area contributed by atoms with E-state index >= 15 is 0 Å². The summed E-state index contributed by atoms with van der Waals surface area (Å²) in [5, 5.41) is 18.1. The largest absolute Gasteiger partial charge is 0.383 e. The highest BCUT2D eigenvalue weighted by Crippen LogP contribution is 2.29. The van der Waals surface area contributed by atoms with Crippen LogP contribution in [0.4, 0.5) is 0 Å². The molecule has 0 unspecified atom stereocenters. The van der Waals surface area contributed by atoms with Crippen LogP contribution < -0.4 is 16.0 Å². The van der Waals surface area contributed by atoms with E-state index in [4.69, 9.17) is 14.2 Å². The van der Waals surface area contributed by atoms with Crippen LogP contribution in [0, 0.1) is 5.92 Å². The standard InChI is InChI=1S/C27H41N3O8/c1-17(2)13-19(23(32)27(3)16-38-27)28-24(33)20(14-36-4)29-25(34)21(15-37-5)30-26(35)22(31)12-11-18-9-7-6-8-10-18/h6-10,17,19-22,31H,11-16H2,1-5H3,(H,28,33)(H,29,34)(H,30,35)/t19-,20-,21-,22-,27+/m0/s1. The Kier molecular flexibility index (Phi) is 12.3. The fourth-order valence-corrected chi connectivity index (χ4v) is 3.91. The van der Waals surface area contributed by atoms with E-state index in [1.165, 1.54) is 14.2 Å². The summed E-state index contributed by atoms with van der Waals surface area (Å²) in [5.74, 6) is -2.13. The molecule has 1 aliphatic rings. The molecule has 2 rings (SSSR count). The zero-order valence-corrected chi connectivity index (χ0v) is 22.8. The number of Topliss-reactive ketones (excluding diaryl/α,β-unsaturated/α-hetero) is 1. The molecule has 1 aliphatic heterocycles. The molecule has 1 saturated heterocycles. The molecule has 5 atom stereocenters. The first-order valence-corrected chi connectivity index (χ1v) is 12.8. The highest BCUT2D eigenvalue weighted by molar-refractivity contribution is 5.98. The lowest BCUT2D eigenvalue weighted by Crippen LogP contribution is -2.59. The molecule has 11 nitrogen and oxygen atoms in total. The van der Waals surface area contributed by atoms with Crippen molar-refractivity contribution >= 4 is 23.5 Å². The number of hydrogen-bond acceptors (Lipinski definition) is 8. The monoisotopic (exact) mass is 535 g/mol. The van der Waals surface area contributed by atoms with Crippen LogP contribution in [0.2, 0.25) is 0 Å². The molecule has 212 valence electrons. The average molecular weight is 536 g/mol. The summed E-state index contributed by atoms with van der Waals surface area (Å²) in [6.07, 6.45) is -0.290. The van der Waals surface area contributed by atoms with Gasteiger partial charge < -0.3 is 35.3 Å². The third-order valence-electron chi connectivity index (χ3n) is 6.22. The quantitative estimate of drug-likeness (QED) is 0.205. The Morgan fingerprint density at radius 1 is 0.921 bits per heavy atom. The van der Waals surface area contributed by atoms with Crippen LogP contribution in [0.15, 0.2) is 30.3 Å². The van der Waals surface area contributed by atoms with Gasteiger partial charge >= 0.3 is 0 Å². The van der Waals surface area contributed by atoms with Crippen LogP contribution >= 0.6 is 0 Å². The van der Waals surface area contributed by atoms with Crippen molar-refractivity contribution in [2.75, 3.05) is 34.0 Å². The van der Waals surface area contributed by atoms with E-state index in [9.17, 15) is 24.3 Å². The van der Waals surface area contributed by atoms with Crippen molar-refractivity contribution in [2.24, 2.45) is 5.92 Å². The zero-order valence-electron chi connectivity index (χ0n) is 22.8. The molecule has 0 bridgehead atoms. The fraction of sp³-hybridized carbons (Fsp3) is 0.630. The maximum absolute atomic E-state index is 13.1. The molecular formula is C27H41N3O8. The number of aliphatic hydroxyl groups excluding tert-OH is 1. The van der Waals surface area contributed by atoms with E-state index in [1.54, 1.807) is 6.92 Å². The number of carbonyl (C=O) groups excluding carboxylic acids is 4. The number of ether oxygens (including phenoxy) is 3. The smallest absolute Gasteiger partial charge is 0.249 e. The second-order valence-corrected chi connectivity index (χ2v) is 10.1. The topological polar surface area (TPSA) is 156 Å². The van der Waals surface area contributed by atoms with Crippen LogP contribution in [0.5, 0.6) is 0 Å². The van der Waals surface area contributed by atoms with Crippen LogP contribution in [0.1, 0.15) is 39.2 Å². The summed E-state index contributed by atoms with van der Waals surface area (Å²) < 4.78 is 15.5. The minimum absolute atomic E-state index is 0.122. The van der Waals surface area contributed by atoms with Crippen molar-refractivity contribution in [3.05, 3.63) is 35.9 Å². The van der Waals surface area contributed by atoms with Gasteiger partial charge in [0.15, 0.2) is 5.78 Å². The van der Waals surface area contributed by atoms with Crippen LogP contribution in [-0.4, -0.2) is 92.5 Å². The second-order valence-electron chi connectivity index (χ2n) is 10.1. The number of aryl methyl sites for hydroxylation is 1. The molecule has 11 heteroatoms. The van der Waals surface area contributed by atoms with Gasteiger partial charge in [-0.2, -0.15) is 0 Å². The van der Waals surface area contributed by atoms with Crippen molar-refractivity contribution in [2.45, 2.75) is 69.9 Å². The Morgan fingerprint density at radius 3 is 1.89 bits per heavy atom. The molecule has 0 aromatic heterocycles. The first-order valence-electron chi connectivity index (χ1n) is 12.8. The number of hydrogen-bond donors (Lipinski definition) is 4. The molecule has 0 aliphatic carbocycles. The predicted molar refractivity (Wildman–Crippen MR) is 139 cm³/mol. The Labute approximate surface area is 224 Å². The second kappa shape index (κ2) is 14.9. The van der Waals surface area contributed by atoms with E-state index in [0.29, 0.717) is 19.4 Å². The number of epoxide rings is 1. The van der Waals surface area contributed by atoms with Gasteiger partial charge in [0.05, 0.1) is 25.9 Å². The van der Waals surface area contributed by atoms with Crippen LogP contribution in [-0.2, 0) is 39.8 Å². The lowest BCUT2D eigenvalue weighted by atomic mass is 9.93. The van der Waals surface area contributed by atoms with Crippen molar-refractivity contribution in [3.8, 4) is 0 Å². The van der Waals surface area contributed by atoms with Gasteiger partial charge in [-0.3, -0.25) is 19.2 Å². The molecular weight excluding hydrogens is 494 g/mol. The van der Waals surface area contributed by atoms with Gasteiger partial charge in [-0.05, 0) is 37.7 Å². The van der Waals surface area contributed by atoms with Crippen molar-refractivity contribution in [3.63, 3.8) is 0 Å². The molecule has 4 N–H and O–H groups in total. The summed E-state index contributed by atoms with van der Waals surface area (Å²) in [7, 11) is 2.74. The first-order chi connectivity index (χ1) is 18.0. The van der Waals surface area contributed by atoms with E-state index in [0.717, 1.165) is 5.56 Å². The van der Waals surface area contributed by atoms with E-state index < -0.39 is 47.6 Å². The minimum Gasteiger partial charge on any atom is -0.383 e. The number of rotatable bonds is 17. The third kappa shape index (κ3) is 9.79. The van der Waals surface area contributed by atoms with Crippen molar-refractivity contribution < 1.29 is 38.5 Å². The number of aliphatic hydroxyl groups is 1. The lowest BCUT2D eigenvalue weighted by molar-refractivity contribution is -0.137. The number of amides is 3. The number of nitrogens with one attached hydrogen (secondary N) is 3. The molecule has 0 spiro atoms. The molecule has 0 saturated carbocycles. The van der Waals surface area contributed by atoms with E-state index in [2.05, 4.69) is 16.0 Å². The Morgan fingerprint density at radius 2 is 1.42 bits per heavy atom. The van der Waals surface area contributed by atoms with Crippen molar-refractivity contribution in [1.29, 1.82) is 0 Å². The summed E-state index contributed by atoms with van der Waals surface area (Å²) in [6.45, 7) is 5.49. The van der Waals surface area contributed by atoms with Gasteiger partial charge in [0, 0.05) is 14.2 Å². The average Bonchev–Trinajstić information content (AvgIpc) is 3.64. The number of methoxy groups -OCH3 is 2. The highest BCUT2D eigenvalue weighted by Gasteiger charge is 2.50. The highest BCUT2D eigenvalue weighted by atomic mass is 16.6. The molecule has 3 amide bonds. The fourth-order valence-electron chi connectivity index (χ4n) is 3.91. The van der Waals surface area contributed by atoms with Crippen molar-refractivity contribution in [1.82, 2.24) is 16.0 Å². The van der Waals surface area contributed by atoms with Gasteiger partial charge in [-0.15, -0.1) is 0 Å². The summed E-state index contributed by atoms with van der Waals surface area (Å²) >= 11 is 0. The third-order valence-corrected chi connectivity index (χ3v) is 6.22. The number of carbonyl (C=O) groups is 4. The van der Waals surface area contributed by atoms with Gasteiger partial charge in [0.1, 0.15) is 23.8 Å². The molecule has 1 aromatic carbocycles. The summed E-state index contributed by atoms with van der Waals surface area (Å²) in [6, 6.07) is 6.30. The first kappa shape index (κ1) is 31.4. The molecule has 1 aromatic rings. The van der Waals surface area contributed by atoms with E-state index in [-0.39, 0.29) is 31.3 Å². The minimum atomic E-state index is -1.34. The molecule has 1 heterocycles. The van der Waals surface area contributed by atoms with Gasteiger partial charge in [0.25, 0.3) is 0 Å². The van der Waals surface area contributed by atoms with Crippen LogP contribution in [0.3, 0.4) is 0 Å². The molecule has 0 radical (unpaired) electrons. The van der Waals surface area contributed by atoms with E-state index in [1.807, 2.05) is 44.2 Å². The molecule has 38 heavy (non-hydrogen) atoms. The summed E-state index contributed by atoms with van der Waals surface area (Å²) in [5.41, 5.74) is 0.0534. The van der Waals surface area contributed by atoms with Crippen LogP contribution in [0.25, 0.3) is 0 Å². The zero-order chi connectivity index (χ0) is 28.3. The Balaban J connectivity index is 2.01. The Hall–Kier alpha value is -2.86. The maximum Gasteiger partial charge on any atom is 0.249 e. The normalized spacial score (nSPS) is 19.7. The lowest BCUT2D eigenvalue weighted by Gasteiger charge is -2.26. The van der Waals surface area contributed by atoms with Gasteiger partial charge in [-0.1, -0.05) is 44.2 Å². The Bertz CT molecular complexity index is 936. The molecule has 1 fully saturated rings.